The molecule has 0 aliphatic carbocycles. The number of nitrogens with one attached hydrogen (secondary N) is 1. The van der Waals surface area contributed by atoms with Crippen molar-refractivity contribution in [3.8, 4) is 11.5 Å². The second-order valence-electron chi connectivity index (χ2n) is 6.69. The van der Waals surface area contributed by atoms with Gasteiger partial charge in [-0.05, 0) is 53.2 Å². The number of ether oxygens (including phenoxy) is 1. The average molecular weight is 424 g/mol. The summed E-state index contributed by atoms with van der Waals surface area (Å²) in [5.74, 6) is 1.03. The van der Waals surface area contributed by atoms with Gasteiger partial charge in [-0.1, -0.05) is 59.6 Å². The zero-order valence-corrected chi connectivity index (χ0v) is 17.0. The highest BCUT2D eigenvalue weighted by Gasteiger charge is 2.11. The molecule has 0 aliphatic heterocycles. The lowest BCUT2D eigenvalue weighted by Crippen LogP contribution is -2.05. The Morgan fingerprint density at radius 1 is 0.862 bits per heavy atom. The number of halogens is 2. The van der Waals surface area contributed by atoms with Gasteiger partial charge in [-0.3, -0.25) is 0 Å². The van der Waals surface area contributed by atoms with Crippen molar-refractivity contribution in [3.05, 3.63) is 100 Å². The van der Waals surface area contributed by atoms with E-state index in [1.54, 1.807) is 24.3 Å². The van der Waals surface area contributed by atoms with Crippen molar-refractivity contribution in [3.63, 3.8) is 0 Å². The molecule has 0 fully saturated rings. The van der Waals surface area contributed by atoms with E-state index in [1.165, 1.54) is 0 Å². The highest BCUT2D eigenvalue weighted by molar-refractivity contribution is 6.35. The summed E-state index contributed by atoms with van der Waals surface area (Å²) >= 11 is 12.3. The van der Waals surface area contributed by atoms with Crippen LogP contribution in [-0.4, -0.2) is 5.11 Å². The van der Waals surface area contributed by atoms with Crippen molar-refractivity contribution in [1.29, 1.82) is 0 Å². The zero-order valence-electron chi connectivity index (χ0n) is 15.5. The van der Waals surface area contributed by atoms with E-state index in [9.17, 15) is 5.11 Å². The third-order valence-electron chi connectivity index (χ3n) is 4.73. The molecule has 0 bridgehead atoms. The Hall–Kier alpha value is -2.88. The fourth-order valence-electron chi connectivity index (χ4n) is 3.20. The molecule has 4 rings (SSSR count). The van der Waals surface area contributed by atoms with Crippen LogP contribution in [0.2, 0.25) is 10.0 Å². The number of fused-ring (bicyclic) bond motifs is 1. The van der Waals surface area contributed by atoms with Crippen molar-refractivity contribution < 1.29 is 9.84 Å². The molecule has 0 spiro atoms. The first-order chi connectivity index (χ1) is 14.1. The van der Waals surface area contributed by atoms with Crippen LogP contribution in [0.1, 0.15) is 11.1 Å². The number of aromatic hydroxyl groups is 1. The molecule has 0 unspecified atom stereocenters. The summed E-state index contributed by atoms with van der Waals surface area (Å²) in [5.41, 5.74) is 2.85. The molecule has 0 heterocycles. The number of hydrogen-bond acceptors (Lipinski definition) is 3. The maximum atomic E-state index is 9.48. The summed E-state index contributed by atoms with van der Waals surface area (Å²) in [6, 6.07) is 24.7. The van der Waals surface area contributed by atoms with Crippen LogP contribution in [0.15, 0.2) is 78.9 Å². The van der Waals surface area contributed by atoms with Crippen LogP contribution in [0.5, 0.6) is 11.5 Å². The van der Waals surface area contributed by atoms with Crippen molar-refractivity contribution in [2.45, 2.75) is 13.2 Å². The van der Waals surface area contributed by atoms with Crippen LogP contribution in [0, 0.1) is 0 Å². The molecule has 0 saturated carbocycles. The fourth-order valence-corrected chi connectivity index (χ4v) is 3.66. The van der Waals surface area contributed by atoms with Gasteiger partial charge in [0.25, 0.3) is 0 Å². The molecule has 4 aromatic rings. The maximum absolute atomic E-state index is 9.48. The van der Waals surface area contributed by atoms with Gasteiger partial charge in [0.15, 0.2) is 0 Å². The number of benzene rings is 4. The van der Waals surface area contributed by atoms with Gasteiger partial charge in [0.2, 0.25) is 0 Å². The predicted octanol–water partition coefficient (Wildman–Crippen LogP) is 7.04. The third-order valence-corrected chi connectivity index (χ3v) is 5.32. The van der Waals surface area contributed by atoms with Gasteiger partial charge < -0.3 is 15.2 Å². The molecule has 29 heavy (non-hydrogen) atoms. The standard InChI is InChI=1S/C24H19Cl2NO2/c25-18-7-5-17(23(26)13-18)15-29-24-12-6-16-3-1-2-4-21(16)22(24)14-27-19-8-10-20(28)11-9-19/h1-13,27-28H,14-15H2. The van der Waals surface area contributed by atoms with Gasteiger partial charge in [-0.25, -0.2) is 0 Å². The van der Waals surface area contributed by atoms with Crippen LogP contribution in [0.4, 0.5) is 5.69 Å². The minimum atomic E-state index is 0.240. The molecule has 5 heteroatoms. The third kappa shape index (κ3) is 4.58. The summed E-state index contributed by atoms with van der Waals surface area (Å²) < 4.78 is 6.15. The normalized spacial score (nSPS) is 10.8. The number of phenols is 1. The lowest BCUT2D eigenvalue weighted by Gasteiger charge is -2.16. The largest absolute Gasteiger partial charge is 0.508 e. The minimum absolute atomic E-state index is 0.240. The molecule has 0 radical (unpaired) electrons. The van der Waals surface area contributed by atoms with Gasteiger partial charge in [-0.15, -0.1) is 0 Å². The fraction of sp³-hybridized carbons (Fsp3) is 0.0833. The molecule has 0 aliphatic rings. The van der Waals surface area contributed by atoms with Crippen molar-refractivity contribution in [2.24, 2.45) is 0 Å². The van der Waals surface area contributed by atoms with Crippen molar-refractivity contribution in [1.82, 2.24) is 0 Å². The van der Waals surface area contributed by atoms with E-state index in [0.717, 1.165) is 33.3 Å². The van der Waals surface area contributed by atoms with E-state index >= 15 is 0 Å². The van der Waals surface area contributed by atoms with Gasteiger partial charge >= 0.3 is 0 Å². The summed E-state index contributed by atoms with van der Waals surface area (Å²) in [4.78, 5) is 0. The van der Waals surface area contributed by atoms with Gasteiger partial charge in [0, 0.05) is 33.4 Å². The van der Waals surface area contributed by atoms with Crippen LogP contribution >= 0.6 is 23.2 Å². The van der Waals surface area contributed by atoms with Crippen LogP contribution in [0.25, 0.3) is 10.8 Å². The Balaban J connectivity index is 1.62. The molecular weight excluding hydrogens is 405 g/mol. The lowest BCUT2D eigenvalue weighted by atomic mass is 10.0. The lowest BCUT2D eigenvalue weighted by molar-refractivity contribution is 0.304. The zero-order chi connectivity index (χ0) is 20.2. The number of hydrogen-bond donors (Lipinski definition) is 2. The maximum Gasteiger partial charge on any atom is 0.125 e. The van der Waals surface area contributed by atoms with Gasteiger partial charge in [0.1, 0.15) is 18.1 Å². The molecule has 4 aromatic carbocycles. The Labute approximate surface area is 179 Å². The predicted molar refractivity (Wildman–Crippen MR) is 120 cm³/mol. The van der Waals surface area contributed by atoms with Crippen molar-refractivity contribution in [2.75, 3.05) is 5.32 Å². The molecule has 0 aromatic heterocycles. The summed E-state index contributed by atoms with van der Waals surface area (Å²) in [6.07, 6.45) is 0. The molecule has 146 valence electrons. The first-order valence-corrected chi connectivity index (χ1v) is 9.96. The summed E-state index contributed by atoms with van der Waals surface area (Å²) in [6.45, 7) is 0.927. The minimum Gasteiger partial charge on any atom is -0.508 e. The monoisotopic (exact) mass is 423 g/mol. The first kappa shape index (κ1) is 19.4. The van der Waals surface area contributed by atoms with Gasteiger partial charge in [-0.2, -0.15) is 0 Å². The highest BCUT2D eigenvalue weighted by atomic mass is 35.5. The Morgan fingerprint density at radius 3 is 2.45 bits per heavy atom. The van der Waals surface area contributed by atoms with Crippen molar-refractivity contribution >= 4 is 39.7 Å². The number of rotatable bonds is 6. The molecule has 0 amide bonds. The first-order valence-electron chi connectivity index (χ1n) is 9.20. The average Bonchev–Trinajstić information content (AvgIpc) is 2.73. The second kappa shape index (κ2) is 8.64. The second-order valence-corrected chi connectivity index (χ2v) is 7.53. The highest BCUT2D eigenvalue weighted by Crippen LogP contribution is 2.31. The van der Waals surface area contributed by atoms with E-state index in [-0.39, 0.29) is 5.75 Å². The van der Waals surface area contributed by atoms with E-state index in [2.05, 4.69) is 23.5 Å². The van der Waals surface area contributed by atoms with Crippen LogP contribution in [0.3, 0.4) is 0 Å². The topological polar surface area (TPSA) is 41.5 Å². The number of anilines is 1. The van der Waals surface area contributed by atoms with E-state index < -0.39 is 0 Å². The molecule has 0 saturated heterocycles. The van der Waals surface area contributed by atoms with E-state index in [0.29, 0.717) is 23.2 Å². The molecule has 0 atom stereocenters. The van der Waals surface area contributed by atoms with Gasteiger partial charge in [0.05, 0.1) is 0 Å². The Morgan fingerprint density at radius 2 is 1.66 bits per heavy atom. The van der Waals surface area contributed by atoms with Crippen LogP contribution in [-0.2, 0) is 13.2 Å². The van der Waals surface area contributed by atoms with E-state index in [1.807, 2.05) is 36.4 Å². The smallest absolute Gasteiger partial charge is 0.125 e. The SMILES string of the molecule is Oc1ccc(NCc2c(OCc3ccc(Cl)cc3Cl)ccc3ccccc23)cc1. The number of phenolic OH excluding ortho intramolecular Hbond substituents is 1. The molecular formula is C24H19Cl2NO2. The summed E-state index contributed by atoms with van der Waals surface area (Å²) in [7, 11) is 0. The molecule has 3 nitrogen and oxygen atoms in total. The van der Waals surface area contributed by atoms with Crippen LogP contribution < -0.4 is 10.1 Å². The summed E-state index contributed by atoms with van der Waals surface area (Å²) in [5, 5.41) is 16.3. The van der Waals surface area contributed by atoms with E-state index in [4.69, 9.17) is 27.9 Å². The Bertz CT molecular complexity index is 1140. The quantitative estimate of drug-likeness (QED) is 0.326. The molecule has 2 N–H and O–H groups in total. The Kier molecular flexibility index (Phi) is 5.79.